The Morgan fingerprint density at radius 3 is 2.90 bits per heavy atom. The summed E-state index contributed by atoms with van der Waals surface area (Å²) in [6.07, 6.45) is 10.1. The molecule has 2 aliphatic heterocycles. The van der Waals surface area contributed by atoms with E-state index in [2.05, 4.69) is 25.9 Å². The van der Waals surface area contributed by atoms with E-state index in [0.717, 1.165) is 19.4 Å². The molecule has 2 aromatic heterocycles. The molecule has 202 valence electrons. The molecular formula is C30H24F3N5O2. The summed E-state index contributed by atoms with van der Waals surface area (Å²) in [7, 11) is 1.70. The number of ether oxygens (including phenoxy) is 1. The molecule has 7 rings (SSSR count). The first-order valence-electron chi connectivity index (χ1n) is 13.0. The Kier molecular flexibility index (Phi) is 5.44. The van der Waals surface area contributed by atoms with Crippen LogP contribution in [0.25, 0.3) is 43.7 Å². The van der Waals surface area contributed by atoms with Crippen molar-refractivity contribution in [2.45, 2.75) is 31.0 Å². The van der Waals surface area contributed by atoms with Gasteiger partial charge in [0.1, 0.15) is 35.4 Å². The summed E-state index contributed by atoms with van der Waals surface area (Å²) in [6, 6.07) is 5.46. The smallest absolute Gasteiger partial charge is 0.317 e. The average Bonchev–Trinajstić information content (AvgIpc) is 3.59. The fourth-order valence-electron chi connectivity index (χ4n) is 6.55. The molecule has 2 saturated heterocycles. The maximum Gasteiger partial charge on any atom is 0.317 e. The van der Waals surface area contributed by atoms with Crippen molar-refractivity contribution >= 4 is 32.6 Å². The van der Waals surface area contributed by atoms with Gasteiger partial charge in [0.2, 0.25) is 0 Å². The number of phenolic OH excluding ortho intramolecular Hbond substituents is 1. The molecule has 2 fully saturated rings. The number of halogens is 3. The number of aromatic hydroxyl groups is 1. The molecule has 0 bridgehead atoms. The summed E-state index contributed by atoms with van der Waals surface area (Å²) < 4.78 is 53.1. The number of hydrogen-bond donors (Lipinski definition) is 1. The first kappa shape index (κ1) is 24.7. The zero-order valence-corrected chi connectivity index (χ0v) is 21.6. The molecule has 10 heteroatoms. The predicted octanol–water partition coefficient (Wildman–Crippen LogP) is 5.26. The molecule has 0 amide bonds. The van der Waals surface area contributed by atoms with Gasteiger partial charge in [-0.1, -0.05) is 12.0 Å². The molecule has 0 radical (unpaired) electrons. The highest BCUT2D eigenvalue weighted by atomic mass is 19.1. The molecule has 0 aliphatic carbocycles. The second-order valence-corrected chi connectivity index (χ2v) is 10.7. The van der Waals surface area contributed by atoms with Gasteiger partial charge in [0.25, 0.3) is 0 Å². The lowest BCUT2D eigenvalue weighted by Crippen LogP contribution is -2.43. The van der Waals surface area contributed by atoms with Crippen molar-refractivity contribution in [3.8, 4) is 35.2 Å². The number of phenols is 1. The van der Waals surface area contributed by atoms with E-state index in [1.54, 1.807) is 13.2 Å². The van der Waals surface area contributed by atoms with Gasteiger partial charge < -0.3 is 9.84 Å². The number of fused-ring (bicyclic) bond motifs is 5. The monoisotopic (exact) mass is 543 g/mol. The summed E-state index contributed by atoms with van der Waals surface area (Å²) in [5.74, 6) is 0.851. The Morgan fingerprint density at radius 1 is 1.23 bits per heavy atom. The third-order valence-corrected chi connectivity index (χ3v) is 8.25. The minimum Gasteiger partial charge on any atom is -0.508 e. The van der Waals surface area contributed by atoms with E-state index < -0.39 is 23.3 Å². The Bertz CT molecular complexity index is 1900. The number of alkyl halides is 1. The van der Waals surface area contributed by atoms with E-state index >= 15 is 4.39 Å². The van der Waals surface area contributed by atoms with Gasteiger partial charge >= 0.3 is 6.01 Å². The number of benzene rings is 3. The third-order valence-electron chi connectivity index (χ3n) is 8.25. The van der Waals surface area contributed by atoms with Crippen LogP contribution in [0.5, 0.6) is 11.8 Å². The topological polar surface area (TPSA) is 76.3 Å². The molecule has 3 aromatic carbocycles. The van der Waals surface area contributed by atoms with Gasteiger partial charge in [-0.15, -0.1) is 6.42 Å². The molecule has 7 nitrogen and oxygen atoms in total. The number of nitrogens with zero attached hydrogens (tertiary/aromatic N) is 5. The van der Waals surface area contributed by atoms with E-state index in [4.69, 9.17) is 11.2 Å². The highest BCUT2D eigenvalue weighted by molar-refractivity contribution is 6.15. The van der Waals surface area contributed by atoms with Crippen LogP contribution < -0.4 is 4.74 Å². The number of hydrogen-bond acceptors (Lipinski definition) is 6. The molecular weight excluding hydrogens is 519 g/mol. The van der Waals surface area contributed by atoms with Gasteiger partial charge in [0.05, 0.1) is 11.1 Å². The summed E-state index contributed by atoms with van der Waals surface area (Å²) in [5, 5.41) is 16.7. The average molecular weight is 544 g/mol. The number of terminal acetylenes is 1. The molecule has 40 heavy (non-hydrogen) atoms. The SMILES string of the molecule is C#Cc1c(F)ccc2cc(O)cc(-c3c(F)c4nc(OC[C@@]56CCCN5C[C@H](F)C6)ncc4c4cn(C)nc34)c12. The lowest BCUT2D eigenvalue weighted by atomic mass is 9.91. The summed E-state index contributed by atoms with van der Waals surface area (Å²) >= 11 is 0. The molecule has 0 saturated carbocycles. The maximum absolute atomic E-state index is 16.6. The Hall–Kier alpha value is -4.36. The van der Waals surface area contributed by atoms with Crippen molar-refractivity contribution in [1.29, 1.82) is 0 Å². The second-order valence-electron chi connectivity index (χ2n) is 10.7. The van der Waals surface area contributed by atoms with Crippen LogP contribution in [0.2, 0.25) is 0 Å². The zero-order valence-electron chi connectivity index (χ0n) is 21.6. The fraction of sp³-hybridized carbons (Fsp3) is 0.300. The molecule has 0 spiro atoms. The van der Waals surface area contributed by atoms with Crippen LogP contribution in [-0.4, -0.2) is 61.2 Å². The van der Waals surface area contributed by atoms with Gasteiger partial charge in [-0.2, -0.15) is 10.1 Å². The lowest BCUT2D eigenvalue weighted by molar-refractivity contribution is 0.107. The minimum atomic E-state index is -0.907. The van der Waals surface area contributed by atoms with Crippen molar-refractivity contribution < 1.29 is 23.0 Å². The van der Waals surface area contributed by atoms with Crippen LogP contribution in [0, 0.1) is 24.0 Å². The van der Waals surface area contributed by atoms with Crippen molar-refractivity contribution in [3.63, 3.8) is 0 Å². The minimum absolute atomic E-state index is 0.0207. The van der Waals surface area contributed by atoms with Gasteiger partial charge in [0.15, 0.2) is 5.82 Å². The highest BCUT2D eigenvalue weighted by Crippen LogP contribution is 2.43. The maximum atomic E-state index is 16.6. The van der Waals surface area contributed by atoms with Crippen LogP contribution in [0.1, 0.15) is 24.8 Å². The molecule has 0 unspecified atom stereocenters. The Labute approximate surface area is 227 Å². The van der Waals surface area contributed by atoms with E-state index in [9.17, 15) is 13.9 Å². The number of aryl methyl sites for hydroxylation is 1. The van der Waals surface area contributed by atoms with Gasteiger partial charge in [-0.25, -0.2) is 18.2 Å². The first-order valence-corrected chi connectivity index (χ1v) is 13.0. The lowest BCUT2D eigenvalue weighted by Gasteiger charge is -2.30. The van der Waals surface area contributed by atoms with Gasteiger partial charge in [0, 0.05) is 54.1 Å². The van der Waals surface area contributed by atoms with Crippen LogP contribution in [-0.2, 0) is 7.05 Å². The first-order chi connectivity index (χ1) is 19.3. The van der Waals surface area contributed by atoms with E-state index in [1.165, 1.54) is 35.1 Å². The molecule has 4 heterocycles. The summed E-state index contributed by atoms with van der Waals surface area (Å²) in [6.45, 7) is 1.40. The third kappa shape index (κ3) is 3.61. The summed E-state index contributed by atoms with van der Waals surface area (Å²) in [5.41, 5.74) is 0.00570. The molecule has 5 aromatic rings. The summed E-state index contributed by atoms with van der Waals surface area (Å²) in [4.78, 5) is 10.9. The molecule has 1 N–H and O–H groups in total. The van der Waals surface area contributed by atoms with E-state index in [1.807, 2.05) is 0 Å². The van der Waals surface area contributed by atoms with Crippen molar-refractivity contribution in [2.75, 3.05) is 19.7 Å². The Balaban J connectivity index is 1.43. The second kappa shape index (κ2) is 8.83. The van der Waals surface area contributed by atoms with E-state index in [-0.39, 0.29) is 51.5 Å². The zero-order chi connectivity index (χ0) is 27.8. The Morgan fingerprint density at radius 2 is 2.08 bits per heavy atom. The van der Waals surface area contributed by atoms with Crippen LogP contribution >= 0.6 is 0 Å². The van der Waals surface area contributed by atoms with Crippen LogP contribution in [0.15, 0.2) is 36.7 Å². The van der Waals surface area contributed by atoms with Gasteiger partial charge in [-0.3, -0.25) is 9.58 Å². The van der Waals surface area contributed by atoms with Crippen molar-refractivity contribution in [3.05, 3.63) is 53.9 Å². The van der Waals surface area contributed by atoms with Crippen LogP contribution in [0.4, 0.5) is 13.2 Å². The fourth-order valence-corrected chi connectivity index (χ4v) is 6.55. The van der Waals surface area contributed by atoms with Crippen LogP contribution in [0.3, 0.4) is 0 Å². The van der Waals surface area contributed by atoms with Gasteiger partial charge in [-0.05, 0) is 48.5 Å². The molecule has 2 atom stereocenters. The standard InChI is InChI=1S/C30H24F3N5O2/c1-3-19-23(32)6-5-16-9-18(39)10-20(24(16)19)25-26(33)28-21(22-14-37(2)36-27(22)25)12-34-29(35-28)40-15-30-7-4-8-38(30)13-17(31)11-30/h1,5-6,9-10,12,14,17,39H,4,7-8,11,13,15H2,2H3/t17-,30+/m1/s1. The number of aromatic nitrogens is 4. The quantitative estimate of drug-likeness (QED) is 0.312. The molecule has 2 aliphatic rings. The van der Waals surface area contributed by atoms with E-state index in [0.29, 0.717) is 29.1 Å². The largest absolute Gasteiger partial charge is 0.508 e. The van der Waals surface area contributed by atoms with Crippen molar-refractivity contribution in [1.82, 2.24) is 24.6 Å². The normalized spacial score (nSPS) is 20.9. The predicted molar refractivity (Wildman–Crippen MR) is 145 cm³/mol. The number of rotatable bonds is 4. The van der Waals surface area contributed by atoms with Crippen molar-refractivity contribution in [2.24, 2.45) is 7.05 Å². The highest BCUT2D eigenvalue weighted by Gasteiger charge is 2.49.